The average molecular weight is 309 g/mol. The van der Waals surface area contributed by atoms with Crippen molar-refractivity contribution in [3.63, 3.8) is 0 Å². The minimum atomic E-state index is -1.86. The molecule has 0 fully saturated rings. The Morgan fingerprint density at radius 3 is 2.76 bits per heavy atom. The number of ketones is 1. The molecule has 21 heavy (non-hydrogen) atoms. The lowest BCUT2D eigenvalue weighted by atomic mass is 9.91. The highest BCUT2D eigenvalue weighted by Crippen LogP contribution is 2.36. The molecule has 0 radical (unpaired) electrons. The summed E-state index contributed by atoms with van der Waals surface area (Å²) >= 11 is 6.48. The Labute approximate surface area is 136 Å². The van der Waals surface area contributed by atoms with Crippen LogP contribution in [-0.2, 0) is 19.5 Å². The van der Waals surface area contributed by atoms with Crippen molar-refractivity contribution in [3.8, 4) is 0 Å². The van der Waals surface area contributed by atoms with Crippen molar-refractivity contribution in [2.24, 2.45) is 0 Å². The van der Waals surface area contributed by atoms with Crippen LogP contribution >= 0.6 is 11.6 Å². The van der Waals surface area contributed by atoms with Gasteiger partial charge in [-0.15, -0.1) is 0 Å². The third-order valence-corrected chi connectivity index (χ3v) is 4.88. The van der Waals surface area contributed by atoms with E-state index >= 15 is 0 Å². The fraction of sp³-hybridized carbons (Fsp3) is 0.611. The highest BCUT2D eigenvalue weighted by atomic mass is 35.5. The Morgan fingerprint density at radius 2 is 2.00 bits per heavy atom. The Kier molecular flexibility index (Phi) is 3.39. The molecule has 0 spiro atoms. The summed E-state index contributed by atoms with van der Waals surface area (Å²) in [4.78, 5) is 15.3. The van der Waals surface area contributed by atoms with E-state index in [0.717, 1.165) is 24.0 Å². The summed E-state index contributed by atoms with van der Waals surface area (Å²) in [6, 6.07) is 0.621. The average Bonchev–Trinajstić information content (AvgIpc) is 2.96. The summed E-state index contributed by atoms with van der Waals surface area (Å²) in [5.41, 5.74) is 2.81. The van der Waals surface area contributed by atoms with Crippen molar-refractivity contribution in [2.45, 2.75) is 71.5 Å². The molecule has 2 aliphatic rings. The van der Waals surface area contributed by atoms with Gasteiger partial charge in [0.2, 0.25) is 0 Å². The molecule has 1 heterocycles. The molecule has 0 unspecified atom stereocenters. The van der Waals surface area contributed by atoms with Crippen molar-refractivity contribution in [3.05, 3.63) is 33.3 Å². The minimum absolute atomic E-state index is 0.258. The second-order valence-electron chi connectivity index (χ2n) is 6.31. The van der Waals surface area contributed by atoms with Gasteiger partial charge in [-0.05, 0) is 55.8 Å². The molecule has 0 saturated carbocycles. The summed E-state index contributed by atoms with van der Waals surface area (Å²) in [7, 11) is 0. The van der Waals surface area contributed by atoms with Gasteiger partial charge in [-0.25, -0.2) is 0 Å². The molecule has 0 bridgehead atoms. The first-order valence-corrected chi connectivity index (χ1v) is 8.23. The third kappa shape index (κ3) is 2.89. The van der Waals surface area contributed by atoms with Crippen LogP contribution in [0.3, 0.4) is 0 Å². The molecule has 0 N–H and O–H groups in total. The molecule has 0 amide bonds. The van der Waals surface area contributed by atoms with Gasteiger partial charge in [-0.1, -0.05) is 24.4 Å². The summed E-state index contributed by atoms with van der Waals surface area (Å²) in [6.07, 6.45) is 1.52. The number of fused-ring (bicyclic) bond motifs is 3. The number of rotatable bonds is 1. The van der Waals surface area contributed by atoms with E-state index in [2.05, 4.69) is 18.7 Å². The fourth-order valence-corrected chi connectivity index (χ4v) is 3.57. The molecule has 0 atom stereocenters. The molecule has 2 nitrogen and oxygen atoms in total. The minimum Gasteiger partial charge on any atom is -0.294 e. The molecule has 1 aliphatic heterocycles. The van der Waals surface area contributed by atoms with Gasteiger partial charge in [-0.3, -0.25) is 9.69 Å². The zero-order valence-electron chi connectivity index (χ0n) is 15.8. The van der Waals surface area contributed by atoms with Gasteiger partial charge in [0.1, 0.15) is 0 Å². The number of hydrogen-bond donors (Lipinski definition) is 0. The summed E-state index contributed by atoms with van der Waals surface area (Å²) < 4.78 is 24.9. The maximum absolute atomic E-state index is 13.1. The molecule has 114 valence electrons. The first-order valence-electron chi connectivity index (χ1n) is 9.35. The van der Waals surface area contributed by atoms with Gasteiger partial charge in [-0.2, -0.15) is 0 Å². The molecule has 3 rings (SSSR count). The summed E-state index contributed by atoms with van der Waals surface area (Å²) in [5, 5.41) is 0.348. The summed E-state index contributed by atoms with van der Waals surface area (Å²) in [6.45, 7) is 5.38. The molecule has 3 heteroatoms. The lowest BCUT2D eigenvalue weighted by Gasteiger charge is -2.19. The van der Waals surface area contributed by atoms with Crippen LogP contribution in [0.1, 0.15) is 77.1 Å². The standard InChI is InChI=1S/C18H24ClNO/c1-12(2)20-10-13-9-16(19)14-7-5-3-4-6-8-17(21)18(14)15(13)11-20/h9,12H,3-8,10-11H2,1-2H3/i8D2,9D. The number of carbonyl (C=O) groups is 1. The molecule has 0 aromatic heterocycles. The van der Waals surface area contributed by atoms with Crippen LogP contribution < -0.4 is 0 Å². The second-order valence-corrected chi connectivity index (χ2v) is 6.69. The van der Waals surface area contributed by atoms with Gasteiger partial charge in [0.25, 0.3) is 0 Å². The van der Waals surface area contributed by atoms with Gasteiger partial charge in [0.15, 0.2) is 5.78 Å². The molecular weight excluding hydrogens is 282 g/mol. The van der Waals surface area contributed by atoms with E-state index in [-0.39, 0.29) is 6.42 Å². The van der Waals surface area contributed by atoms with Crippen LogP contribution in [0.15, 0.2) is 6.04 Å². The Bertz CT molecular complexity index is 688. The first-order chi connectivity index (χ1) is 11.2. The molecule has 1 aromatic rings. The largest absolute Gasteiger partial charge is 0.294 e. The smallest absolute Gasteiger partial charge is 0.163 e. The van der Waals surface area contributed by atoms with Crippen molar-refractivity contribution in [1.29, 1.82) is 0 Å². The van der Waals surface area contributed by atoms with Gasteiger partial charge in [0, 0.05) is 38.8 Å². The molecular formula is C18H24ClNO. The van der Waals surface area contributed by atoms with Crippen LogP contribution in [0.2, 0.25) is 5.02 Å². The number of nitrogens with zero attached hydrogens (tertiary/aromatic N) is 1. The topological polar surface area (TPSA) is 20.3 Å². The maximum Gasteiger partial charge on any atom is 0.163 e. The maximum atomic E-state index is 13.1. The zero-order chi connectivity index (χ0) is 17.6. The highest BCUT2D eigenvalue weighted by molar-refractivity contribution is 6.32. The number of carbonyl (C=O) groups excluding carboxylic acids is 1. The fourth-order valence-electron chi connectivity index (χ4n) is 3.27. The van der Waals surface area contributed by atoms with E-state index in [1.165, 1.54) is 0 Å². The van der Waals surface area contributed by atoms with Crippen LogP contribution in [0.5, 0.6) is 0 Å². The number of Topliss-reactive ketones (excluding diaryl/α,β-unsaturated/α-hetero) is 1. The lowest BCUT2D eigenvalue weighted by molar-refractivity contribution is 0.0977. The van der Waals surface area contributed by atoms with Crippen LogP contribution in [0, 0.1) is 0 Å². The quantitative estimate of drug-likeness (QED) is 0.746. The van der Waals surface area contributed by atoms with Crippen LogP contribution in [0.4, 0.5) is 0 Å². The second kappa shape index (κ2) is 6.10. The van der Waals surface area contributed by atoms with E-state index in [9.17, 15) is 4.79 Å². The monoisotopic (exact) mass is 308 g/mol. The number of benzene rings is 1. The predicted molar refractivity (Wildman–Crippen MR) is 87.0 cm³/mol. The van der Waals surface area contributed by atoms with Crippen molar-refractivity contribution in [2.75, 3.05) is 0 Å². The normalized spacial score (nSPS) is 24.4. The van der Waals surface area contributed by atoms with Gasteiger partial charge in [0.05, 0.1) is 1.37 Å². The Balaban J connectivity index is 2.22. The molecule has 1 aromatic carbocycles. The highest BCUT2D eigenvalue weighted by Gasteiger charge is 2.29. The van der Waals surface area contributed by atoms with Crippen LogP contribution in [0.25, 0.3) is 0 Å². The van der Waals surface area contributed by atoms with Crippen molar-refractivity contribution >= 4 is 17.4 Å². The first kappa shape index (κ1) is 11.7. The van der Waals surface area contributed by atoms with Crippen LogP contribution in [-0.4, -0.2) is 16.7 Å². The van der Waals surface area contributed by atoms with Crippen molar-refractivity contribution in [1.82, 2.24) is 4.90 Å². The van der Waals surface area contributed by atoms with Gasteiger partial charge < -0.3 is 0 Å². The van der Waals surface area contributed by atoms with E-state index in [4.69, 9.17) is 15.7 Å². The van der Waals surface area contributed by atoms with Crippen molar-refractivity contribution < 1.29 is 8.91 Å². The number of hydrogen-bond acceptors (Lipinski definition) is 2. The van der Waals surface area contributed by atoms with E-state index < -0.39 is 12.2 Å². The van der Waals surface area contributed by atoms with Gasteiger partial charge >= 0.3 is 0 Å². The summed E-state index contributed by atoms with van der Waals surface area (Å²) in [5.74, 6) is -0.442. The number of halogens is 1. The Hall–Kier alpha value is -0.860. The van der Waals surface area contributed by atoms with E-state index in [1.807, 2.05) is 0 Å². The zero-order valence-corrected chi connectivity index (χ0v) is 13.5. The SMILES string of the molecule is [2H]c1c(Cl)c2c(c3c1CN(C(C)C)C3)C(=O)C([2H])([2H])CCCCC2. The lowest BCUT2D eigenvalue weighted by Crippen LogP contribution is -2.24. The van der Waals surface area contributed by atoms with E-state index in [1.54, 1.807) is 0 Å². The third-order valence-electron chi connectivity index (χ3n) is 4.56. The van der Waals surface area contributed by atoms with E-state index in [0.29, 0.717) is 54.2 Å². The Morgan fingerprint density at radius 1 is 1.24 bits per heavy atom. The predicted octanol–water partition coefficient (Wildman–Crippen LogP) is 4.75. The molecule has 0 saturated heterocycles. The molecule has 1 aliphatic carbocycles.